The summed E-state index contributed by atoms with van der Waals surface area (Å²) in [6, 6.07) is 3.75. The number of nitrogens with one attached hydrogen (secondary N) is 2. The second kappa shape index (κ2) is 7.72. The molecule has 0 heterocycles. The van der Waals surface area contributed by atoms with Gasteiger partial charge in [-0.2, -0.15) is 0 Å². The van der Waals surface area contributed by atoms with Gasteiger partial charge in [0.2, 0.25) is 5.91 Å². The van der Waals surface area contributed by atoms with Crippen LogP contribution in [0.3, 0.4) is 0 Å². The average Bonchev–Trinajstić information content (AvgIpc) is 2.27. The summed E-state index contributed by atoms with van der Waals surface area (Å²) in [7, 11) is 1.55. The van der Waals surface area contributed by atoms with Crippen molar-refractivity contribution in [3.05, 3.63) is 21.6 Å². The van der Waals surface area contributed by atoms with Gasteiger partial charge in [-0.1, -0.05) is 25.4 Å². The molecule has 0 saturated heterocycles. The Morgan fingerprint density at radius 1 is 1.47 bits per heavy atom. The van der Waals surface area contributed by atoms with Crippen LogP contribution in [0.4, 0.5) is 5.69 Å². The molecule has 2 N–H and O–H groups in total. The third-order valence-electron chi connectivity index (χ3n) is 2.39. The molecular formula is C13H18BrClN2O2. The smallest absolute Gasteiger partial charge is 0.225 e. The number of carbonyl (C=O) groups is 1. The number of amides is 1. The van der Waals surface area contributed by atoms with Crippen molar-refractivity contribution >= 4 is 39.1 Å². The summed E-state index contributed by atoms with van der Waals surface area (Å²) in [6.45, 7) is 4.71. The minimum absolute atomic E-state index is 0.0828. The Kier molecular flexibility index (Phi) is 6.62. The van der Waals surface area contributed by atoms with Gasteiger partial charge >= 0.3 is 0 Å². The van der Waals surface area contributed by atoms with E-state index in [-0.39, 0.29) is 5.91 Å². The lowest BCUT2D eigenvalue weighted by Crippen LogP contribution is -2.27. The van der Waals surface area contributed by atoms with E-state index in [1.807, 2.05) is 13.8 Å². The predicted molar refractivity (Wildman–Crippen MR) is 82.1 cm³/mol. The van der Waals surface area contributed by atoms with Crippen molar-refractivity contribution in [2.75, 3.05) is 19.0 Å². The zero-order valence-corrected chi connectivity index (χ0v) is 13.6. The highest BCUT2D eigenvalue weighted by atomic mass is 79.9. The summed E-state index contributed by atoms with van der Waals surface area (Å²) in [4.78, 5) is 11.8. The van der Waals surface area contributed by atoms with Gasteiger partial charge in [-0.05, 0) is 28.1 Å². The van der Waals surface area contributed by atoms with Gasteiger partial charge in [0, 0.05) is 24.0 Å². The topological polar surface area (TPSA) is 50.4 Å². The van der Waals surface area contributed by atoms with Gasteiger partial charge < -0.3 is 15.4 Å². The second-order valence-corrected chi connectivity index (χ2v) is 5.67. The molecule has 0 aromatic heterocycles. The molecule has 19 heavy (non-hydrogen) atoms. The lowest BCUT2D eigenvalue weighted by atomic mass is 10.2. The van der Waals surface area contributed by atoms with Crippen LogP contribution in [0.25, 0.3) is 0 Å². The fourth-order valence-corrected chi connectivity index (χ4v) is 2.52. The van der Waals surface area contributed by atoms with Gasteiger partial charge in [0.05, 0.1) is 17.3 Å². The van der Waals surface area contributed by atoms with Crippen molar-refractivity contribution < 1.29 is 9.53 Å². The van der Waals surface area contributed by atoms with Gasteiger partial charge in [-0.15, -0.1) is 0 Å². The van der Waals surface area contributed by atoms with E-state index >= 15 is 0 Å². The summed E-state index contributed by atoms with van der Waals surface area (Å²) in [6.07, 6.45) is 0.394. The van der Waals surface area contributed by atoms with E-state index in [1.54, 1.807) is 19.2 Å². The Morgan fingerprint density at radius 3 is 2.74 bits per heavy atom. The van der Waals surface area contributed by atoms with E-state index in [0.717, 1.165) is 0 Å². The molecule has 0 radical (unpaired) electrons. The molecule has 0 fully saturated rings. The largest absolute Gasteiger partial charge is 0.493 e. The molecule has 0 saturated carbocycles. The Bertz CT molecular complexity index is 453. The quantitative estimate of drug-likeness (QED) is 0.827. The number of benzene rings is 1. The molecule has 0 atom stereocenters. The van der Waals surface area contributed by atoms with Crippen molar-refractivity contribution in [2.24, 2.45) is 0 Å². The molecule has 0 spiro atoms. The maximum Gasteiger partial charge on any atom is 0.225 e. The Morgan fingerprint density at radius 2 is 2.16 bits per heavy atom. The molecule has 0 aliphatic heterocycles. The molecule has 6 heteroatoms. The van der Waals surface area contributed by atoms with Gasteiger partial charge in [0.15, 0.2) is 5.75 Å². The Hall–Kier alpha value is -0.780. The first-order valence-corrected chi connectivity index (χ1v) is 7.17. The number of ether oxygens (including phenoxy) is 1. The Balaban J connectivity index is 2.68. The van der Waals surface area contributed by atoms with Crippen LogP contribution in [0, 0.1) is 0 Å². The molecule has 1 aromatic rings. The maximum absolute atomic E-state index is 11.8. The number of methoxy groups -OCH3 is 1. The number of carbonyl (C=O) groups excluding carboxylic acids is 1. The van der Waals surface area contributed by atoms with Crippen LogP contribution in [0.1, 0.15) is 20.3 Å². The number of hydrogen-bond acceptors (Lipinski definition) is 3. The third-order valence-corrected chi connectivity index (χ3v) is 3.20. The highest BCUT2D eigenvalue weighted by Gasteiger charge is 2.12. The molecule has 0 bridgehead atoms. The molecule has 106 valence electrons. The first-order valence-electron chi connectivity index (χ1n) is 6.00. The van der Waals surface area contributed by atoms with Gasteiger partial charge in [0.1, 0.15) is 0 Å². The summed E-state index contributed by atoms with van der Waals surface area (Å²) in [5.74, 6) is 0.482. The van der Waals surface area contributed by atoms with Crippen molar-refractivity contribution in [1.82, 2.24) is 5.32 Å². The van der Waals surface area contributed by atoms with Gasteiger partial charge in [0.25, 0.3) is 0 Å². The molecule has 1 amide bonds. The normalized spacial score (nSPS) is 10.6. The first-order chi connectivity index (χ1) is 8.93. The van der Waals surface area contributed by atoms with Gasteiger partial charge in [-0.25, -0.2) is 0 Å². The minimum Gasteiger partial charge on any atom is -0.493 e. The summed E-state index contributed by atoms with van der Waals surface area (Å²) >= 11 is 9.31. The summed E-state index contributed by atoms with van der Waals surface area (Å²) < 4.78 is 5.95. The maximum atomic E-state index is 11.8. The monoisotopic (exact) mass is 348 g/mol. The van der Waals surface area contributed by atoms with Crippen LogP contribution < -0.4 is 15.4 Å². The Labute approximate surface area is 127 Å². The van der Waals surface area contributed by atoms with Crippen LogP contribution in [0.2, 0.25) is 5.02 Å². The van der Waals surface area contributed by atoms with Crippen LogP contribution in [0.15, 0.2) is 16.6 Å². The van der Waals surface area contributed by atoms with E-state index in [4.69, 9.17) is 16.3 Å². The fraction of sp³-hybridized carbons (Fsp3) is 0.462. The second-order valence-electron chi connectivity index (χ2n) is 4.38. The number of rotatable bonds is 6. The highest BCUT2D eigenvalue weighted by molar-refractivity contribution is 9.10. The predicted octanol–water partition coefficient (Wildman–Crippen LogP) is 3.44. The lowest BCUT2D eigenvalue weighted by molar-refractivity contribution is -0.116. The molecule has 1 aromatic carbocycles. The SMILES string of the molecule is COc1c(Br)cc(Cl)cc1NC(=O)CCNC(C)C. The van der Waals surface area contributed by atoms with Crippen molar-refractivity contribution in [3.63, 3.8) is 0 Å². The number of anilines is 1. The molecular weight excluding hydrogens is 332 g/mol. The van der Waals surface area contributed by atoms with E-state index < -0.39 is 0 Å². The van der Waals surface area contributed by atoms with Crippen molar-refractivity contribution in [2.45, 2.75) is 26.3 Å². The third kappa shape index (κ3) is 5.38. The van der Waals surface area contributed by atoms with E-state index in [1.165, 1.54) is 0 Å². The molecule has 1 rings (SSSR count). The van der Waals surface area contributed by atoms with Gasteiger partial charge in [-0.3, -0.25) is 4.79 Å². The summed E-state index contributed by atoms with van der Waals surface area (Å²) in [5, 5.41) is 6.52. The zero-order chi connectivity index (χ0) is 14.4. The fourth-order valence-electron chi connectivity index (χ4n) is 1.55. The minimum atomic E-state index is -0.0828. The van der Waals surface area contributed by atoms with E-state index in [9.17, 15) is 4.79 Å². The number of hydrogen-bond donors (Lipinski definition) is 2. The van der Waals surface area contributed by atoms with E-state index in [0.29, 0.717) is 39.9 Å². The van der Waals surface area contributed by atoms with Crippen LogP contribution >= 0.6 is 27.5 Å². The van der Waals surface area contributed by atoms with Crippen LogP contribution in [-0.4, -0.2) is 25.6 Å². The molecule has 0 aliphatic rings. The molecule has 0 aliphatic carbocycles. The van der Waals surface area contributed by atoms with Crippen LogP contribution in [-0.2, 0) is 4.79 Å². The molecule has 4 nitrogen and oxygen atoms in total. The van der Waals surface area contributed by atoms with Crippen molar-refractivity contribution in [1.29, 1.82) is 0 Å². The zero-order valence-electron chi connectivity index (χ0n) is 11.2. The average molecular weight is 350 g/mol. The van der Waals surface area contributed by atoms with Crippen molar-refractivity contribution in [3.8, 4) is 5.75 Å². The molecule has 0 unspecified atom stereocenters. The summed E-state index contributed by atoms with van der Waals surface area (Å²) in [5.41, 5.74) is 0.566. The highest BCUT2D eigenvalue weighted by Crippen LogP contribution is 2.36. The number of halogens is 2. The van der Waals surface area contributed by atoms with E-state index in [2.05, 4.69) is 26.6 Å². The lowest BCUT2D eigenvalue weighted by Gasteiger charge is -2.13. The standard InChI is InChI=1S/C13H18BrClN2O2/c1-8(2)16-5-4-12(18)17-11-7-9(15)6-10(14)13(11)19-3/h6-8,16H,4-5H2,1-3H3,(H,17,18). The first kappa shape index (κ1) is 16.3. The van der Waals surface area contributed by atoms with Crippen LogP contribution in [0.5, 0.6) is 5.75 Å².